The van der Waals surface area contributed by atoms with E-state index < -0.39 is 17.7 Å². The lowest BCUT2D eigenvalue weighted by atomic mass is 9.94. The molecule has 210 valence electrons. The number of benzene rings is 2. The SMILES string of the molecule is CCOc1cc(C2/C(=C(\O)c3ccc4c(c3)OCCO4)C(=O)C(=O)N2CCCOC)ccc1OCCC(C)C. The normalized spacial score (nSPS) is 18.1. The maximum absolute atomic E-state index is 13.4. The predicted molar refractivity (Wildman–Crippen MR) is 145 cm³/mol. The van der Waals surface area contributed by atoms with Crippen LogP contribution in [0.1, 0.15) is 50.8 Å². The van der Waals surface area contributed by atoms with Crippen molar-refractivity contribution >= 4 is 17.4 Å². The van der Waals surface area contributed by atoms with E-state index in [-0.39, 0.29) is 17.9 Å². The average molecular weight is 540 g/mol. The molecule has 0 bridgehead atoms. The summed E-state index contributed by atoms with van der Waals surface area (Å²) >= 11 is 0. The Kier molecular flexibility index (Phi) is 9.35. The van der Waals surface area contributed by atoms with Gasteiger partial charge >= 0.3 is 0 Å². The zero-order valence-electron chi connectivity index (χ0n) is 23.0. The minimum Gasteiger partial charge on any atom is -0.507 e. The van der Waals surface area contributed by atoms with Crippen molar-refractivity contribution in [1.82, 2.24) is 4.90 Å². The first-order valence-corrected chi connectivity index (χ1v) is 13.4. The summed E-state index contributed by atoms with van der Waals surface area (Å²) in [5, 5.41) is 11.4. The fourth-order valence-electron chi connectivity index (χ4n) is 4.67. The van der Waals surface area contributed by atoms with Crippen molar-refractivity contribution in [1.29, 1.82) is 0 Å². The van der Waals surface area contributed by atoms with Gasteiger partial charge in [0.05, 0.1) is 24.8 Å². The largest absolute Gasteiger partial charge is 0.507 e. The van der Waals surface area contributed by atoms with E-state index in [1.54, 1.807) is 37.4 Å². The van der Waals surface area contributed by atoms with Crippen LogP contribution in [0.5, 0.6) is 23.0 Å². The van der Waals surface area contributed by atoms with Gasteiger partial charge in [-0.25, -0.2) is 0 Å². The van der Waals surface area contributed by atoms with Gasteiger partial charge in [-0.3, -0.25) is 9.59 Å². The molecule has 1 saturated heterocycles. The summed E-state index contributed by atoms with van der Waals surface area (Å²) in [4.78, 5) is 28.1. The van der Waals surface area contributed by atoms with Crippen molar-refractivity contribution in [2.75, 3.05) is 46.7 Å². The Labute approximate surface area is 229 Å². The van der Waals surface area contributed by atoms with Gasteiger partial charge in [0.15, 0.2) is 23.0 Å². The van der Waals surface area contributed by atoms with E-state index in [2.05, 4.69) is 13.8 Å². The Morgan fingerprint density at radius 3 is 2.51 bits per heavy atom. The van der Waals surface area contributed by atoms with Gasteiger partial charge in [0.2, 0.25) is 0 Å². The Balaban J connectivity index is 1.77. The lowest BCUT2D eigenvalue weighted by Gasteiger charge is -2.26. The molecule has 4 rings (SSSR count). The summed E-state index contributed by atoms with van der Waals surface area (Å²) in [6.07, 6.45) is 1.42. The van der Waals surface area contributed by atoms with Crippen molar-refractivity contribution in [3.63, 3.8) is 0 Å². The molecule has 0 spiro atoms. The Bertz CT molecular complexity index is 1220. The van der Waals surface area contributed by atoms with Gasteiger partial charge in [-0.15, -0.1) is 0 Å². The molecule has 2 heterocycles. The first-order chi connectivity index (χ1) is 18.8. The van der Waals surface area contributed by atoms with Crippen LogP contribution in [0, 0.1) is 5.92 Å². The van der Waals surface area contributed by atoms with Crippen molar-refractivity contribution in [2.24, 2.45) is 5.92 Å². The number of nitrogens with zero attached hydrogens (tertiary/aromatic N) is 1. The zero-order valence-corrected chi connectivity index (χ0v) is 23.0. The molecule has 0 radical (unpaired) electrons. The van der Waals surface area contributed by atoms with Crippen LogP contribution in [0.2, 0.25) is 0 Å². The molecule has 2 aromatic carbocycles. The monoisotopic (exact) mass is 539 g/mol. The first kappa shape index (κ1) is 28.3. The van der Waals surface area contributed by atoms with Crippen molar-refractivity contribution < 1.29 is 38.4 Å². The van der Waals surface area contributed by atoms with Crippen LogP contribution in [0.4, 0.5) is 0 Å². The van der Waals surface area contributed by atoms with Gasteiger partial charge < -0.3 is 33.7 Å². The van der Waals surface area contributed by atoms with Crippen LogP contribution in [0.15, 0.2) is 42.0 Å². The number of Topliss-reactive ketones (excluding diaryl/α,β-unsaturated/α-hetero) is 1. The maximum atomic E-state index is 13.4. The number of carbonyl (C=O) groups excluding carboxylic acids is 2. The number of hydrogen-bond acceptors (Lipinski definition) is 8. The number of fused-ring (bicyclic) bond motifs is 1. The molecule has 1 N–H and O–H groups in total. The van der Waals surface area contributed by atoms with Gasteiger partial charge in [0, 0.05) is 25.8 Å². The highest BCUT2D eigenvalue weighted by Gasteiger charge is 2.46. The lowest BCUT2D eigenvalue weighted by molar-refractivity contribution is -0.140. The third-order valence-corrected chi connectivity index (χ3v) is 6.64. The van der Waals surface area contributed by atoms with Crippen LogP contribution >= 0.6 is 0 Å². The smallest absolute Gasteiger partial charge is 0.295 e. The zero-order chi connectivity index (χ0) is 27.9. The van der Waals surface area contributed by atoms with E-state index >= 15 is 0 Å². The van der Waals surface area contributed by atoms with E-state index in [1.807, 2.05) is 13.0 Å². The Morgan fingerprint density at radius 1 is 1.03 bits per heavy atom. The van der Waals surface area contributed by atoms with Gasteiger partial charge in [-0.2, -0.15) is 0 Å². The van der Waals surface area contributed by atoms with Crippen LogP contribution in [-0.2, 0) is 14.3 Å². The molecule has 9 heteroatoms. The molecule has 39 heavy (non-hydrogen) atoms. The third-order valence-electron chi connectivity index (χ3n) is 6.64. The molecular weight excluding hydrogens is 502 g/mol. The second kappa shape index (κ2) is 12.9. The molecule has 1 fully saturated rings. The van der Waals surface area contributed by atoms with Gasteiger partial charge in [-0.05, 0) is 61.6 Å². The molecule has 0 aliphatic carbocycles. The number of aliphatic hydroxyl groups is 1. The standard InChI is InChI=1S/C30H37NO8/c1-5-36-24-17-20(7-9-22(24)37-14-11-19(2)3)27-26(29(33)30(34)31(27)12-6-13-35-4)28(32)21-8-10-23-25(18-21)39-16-15-38-23/h7-10,17-19,27,32H,5-6,11-16H2,1-4H3/b28-26+. The second-order valence-corrected chi connectivity index (χ2v) is 9.87. The van der Waals surface area contributed by atoms with E-state index in [9.17, 15) is 14.7 Å². The highest BCUT2D eigenvalue weighted by Crippen LogP contribution is 2.43. The van der Waals surface area contributed by atoms with Crippen LogP contribution in [0.25, 0.3) is 5.76 Å². The summed E-state index contributed by atoms with van der Waals surface area (Å²) in [6.45, 7) is 8.60. The van der Waals surface area contributed by atoms with Gasteiger partial charge in [0.1, 0.15) is 19.0 Å². The minimum absolute atomic E-state index is 0.00465. The fourth-order valence-corrected chi connectivity index (χ4v) is 4.67. The number of rotatable bonds is 12. The highest BCUT2D eigenvalue weighted by atomic mass is 16.6. The number of methoxy groups -OCH3 is 1. The van der Waals surface area contributed by atoms with Crippen LogP contribution in [0.3, 0.4) is 0 Å². The predicted octanol–water partition coefficient (Wildman–Crippen LogP) is 4.74. The topological polar surface area (TPSA) is 104 Å². The number of ether oxygens (including phenoxy) is 5. The fraction of sp³-hybridized carbons (Fsp3) is 0.467. The molecule has 1 atom stereocenters. The molecule has 2 aliphatic heterocycles. The summed E-state index contributed by atoms with van der Waals surface area (Å²) in [7, 11) is 1.58. The number of amides is 1. The number of aliphatic hydroxyl groups excluding tert-OH is 1. The van der Waals surface area contributed by atoms with Crippen molar-refractivity contribution in [2.45, 2.75) is 39.7 Å². The summed E-state index contributed by atoms with van der Waals surface area (Å²) < 4.78 is 28.3. The summed E-state index contributed by atoms with van der Waals surface area (Å²) in [5.41, 5.74) is 0.994. The quantitative estimate of drug-likeness (QED) is 0.179. The van der Waals surface area contributed by atoms with Crippen LogP contribution in [-0.4, -0.2) is 68.4 Å². The van der Waals surface area contributed by atoms with E-state index in [1.165, 1.54) is 4.90 Å². The van der Waals surface area contributed by atoms with Crippen LogP contribution < -0.4 is 18.9 Å². The van der Waals surface area contributed by atoms with Gasteiger partial charge in [0.25, 0.3) is 11.7 Å². The highest BCUT2D eigenvalue weighted by molar-refractivity contribution is 6.46. The Morgan fingerprint density at radius 2 is 1.79 bits per heavy atom. The minimum atomic E-state index is -0.820. The summed E-state index contributed by atoms with van der Waals surface area (Å²) in [6, 6.07) is 9.52. The third kappa shape index (κ3) is 6.30. The van der Waals surface area contributed by atoms with Crippen molar-refractivity contribution in [3.8, 4) is 23.0 Å². The number of ketones is 1. The van der Waals surface area contributed by atoms with Gasteiger partial charge in [-0.1, -0.05) is 19.9 Å². The molecular formula is C30H37NO8. The molecule has 9 nitrogen and oxygen atoms in total. The second-order valence-electron chi connectivity index (χ2n) is 9.87. The van der Waals surface area contributed by atoms with E-state index in [0.717, 1.165) is 6.42 Å². The van der Waals surface area contributed by atoms with E-state index in [0.29, 0.717) is 79.5 Å². The Hall–Kier alpha value is -3.72. The van der Waals surface area contributed by atoms with E-state index in [4.69, 9.17) is 23.7 Å². The molecule has 1 unspecified atom stereocenters. The number of likely N-dealkylation sites (tertiary alicyclic amines) is 1. The maximum Gasteiger partial charge on any atom is 0.295 e. The number of hydrogen-bond donors (Lipinski definition) is 1. The lowest BCUT2D eigenvalue weighted by Crippen LogP contribution is -2.31. The molecule has 2 aliphatic rings. The average Bonchev–Trinajstić information content (AvgIpc) is 3.18. The number of carbonyl (C=O) groups is 2. The molecule has 2 aromatic rings. The summed E-state index contributed by atoms with van der Waals surface area (Å²) in [5.74, 6) is 0.920. The molecule has 0 aromatic heterocycles. The first-order valence-electron chi connectivity index (χ1n) is 13.4. The molecule has 0 saturated carbocycles. The van der Waals surface area contributed by atoms with Crippen molar-refractivity contribution in [3.05, 3.63) is 53.1 Å². The molecule has 1 amide bonds.